The fraction of sp³-hybridized carbons (Fsp3) is 0.375. The smallest absolute Gasteiger partial charge is 0.343 e. The second-order valence-electron chi connectivity index (χ2n) is 8.87. The van der Waals surface area contributed by atoms with Gasteiger partial charge in [-0.2, -0.15) is 0 Å². The maximum absolute atomic E-state index is 14.0. The quantitative estimate of drug-likeness (QED) is 0.577. The van der Waals surface area contributed by atoms with Crippen LogP contribution in [0.15, 0.2) is 41.3 Å². The first-order valence-electron chi connectivity index (χ1n) is 11.0. The summed E-state index contributed by atoms with van der Waals surface area (Å²) < 4.78 is 53.8. The SMILES string of the molecule is COC(=O)c1c(NS(=O)(=O)c2ccc(F)cc2C=CCN2CC(O)C2)ccc2c1OCC1CC21. The average Bonchev–Trinajstić information content (AvgIpc) is 3.57. The van der Waals surface area contributed by atoms with E-state index in [0.717, 1.165) is 24.1 Å². The molecule has 0 aromatic heterocycles. The summed E-state index contributed by atoms with van der Waals surface area (Å²) in [5.41, 5.74) is 1.12. The predicted molar refractivity (Wildman–Crippen MR) is 123 cm³/mol. The van der Waals surface area contributed by atoms with Crippen molar-refractivity contribution < 1.29 is 32.2 Å². The van der Waals surface area contributed by atoms with Crippen LogP contribution in [0.2, 0.25) is 0 Å². The fourth-order valence-corrected chi connectivity index (χ4v) is 5.81. The topological polar surface area (TPSA) is 105 Å². The van der Waals surface area contributed by atoms with Crippen LogP contribution in [0.3, 0.4) is 0 Å². The predicted octanol–water partition coefficient (Wildman–Crippen LogP) is 2.60. The Morgan fingerprint density at radius 2 is 2.12 bits per heavy atom. The van der Waals surface area contributed by atoms with Crippen molar-refractivity contribution in [2.75, 3.05) is 38.1 Å². The number of anilines is 1. The molecule has 2 aromatic rings. The summed E-state index contributed by atoms with van der Waals surface area (Å²) in [6, 6.07) is 6.71. The van der Waals surface area contributed by atoms with Crippen molar-refractivity contribution in [2.45, 2.75) is 23.3 Å². The van der Waals surface area contributed by atoms with E-state index in [2.05, 4.69) is 4.72 Å². The van der Waals surface area contributed by atoms with Crippen LogP contribution in [0.25, 0.3) is 6.08 Å². The molecule has 2 atom stereocenters. The average molecular weight is 489 g/mol. The van der Waals surface area contributed by atoms with Crippen molar-refractivity contribution in [2.24, 2.45) is 5.92 Å². The zero-order valence-corrected chi connectivity index (χ0v) is 19.3. The number of nitrogens with one attached hydrogen (secondary N) is 1. The van der Waals surface area contributed by atoms with Gasteiger partial charge in [0.2, 0.25) is 0 Å². The van der Waals surface area contributed by atoms with Crippen LogP contribution in [-0.4, -0.2) is 63.8 Å². The van der Waals surface area contributed by atoms with Crippen molar-refractivity contribution in [3.63, 3.8) is 0 Å². The first-order valence-corrected chi connectivity index (χ1v) is 12.5. The highest BCUT2D eigenvalue weighted by Crippen LogP contribution is 2.55. The number of nitrogens with zero attached hydrogens (tertiary/aromatic N) is 1. The third kappa shape index (κ3) is 4.28. The Labute approximate surface area is 197 Å². The number of hydrogen-bond donors (Lipinski definition) is 2. The Hall–Kier alpha value is -2.95. The molecule has 1 saturated carbocycles. The normalized spacial score (nSPS) is 21.9. The molecule has 2 N–H and O–H groups in total. The molecule has 0 bridgehead atoms. The number of ether oxygens (including phenoxy) is 2. The lowest BCUT2D eigenvalue weighted by Gasteiger charge is -2.34. The van der Waals surface area contributed by atoms with E-state index in [9.17, 15) is 22.7 Å². The van der Waals surface area contributed by atoms with Gasteiger partial charge in [0, 0.05) is 25.6 Å². The van der Waals surface area contributed by atoms with E-state index < -0.39 is 21.8 Å². The molecule has 8 nitrogen and oxygen atoms in total. The second kappa shape index (κ2) is 8.68. The maximum atomic E-state index is 14.0. The van der Waals surface area contributed by atoms with Crippen LogP contribution < -0.4 is 9.46 Å². The summed E-state index contributed by atoms with van der Waals surface area (Å²) in [6.07, 6.45) is 3.88. The number of carbonyl (C=O) groups excluding carboxylic acids is 1. The molecular formula is C24H25FN2O6S. The number of likely N-dealkylation sites (tertiary alicyclic amines) is 1. The third-order valence-corrected chi connectivity index (χ3v) is 7.89. The zero-order valence-electron chi connectivity index (χ0n) is 18.5. The van der Waals surface area contributed by atoms with Gasteiger partial charge in [0.25, 0.3) is 10.0 Å². The first kappa shape index (κ1) is 22.8. The molecule has 0 radical (unpaired) electrons. The molecule has 2 unspecified atom stereocenters. The molecule has 1 saturated heterocycles. The lowest BCUT2D eigenvalue weighted by Crippen LogP contribution is -2.50. The van der Waals surface area contributed by atoms with Gasteiger partial charge in [-0.1, -0.05) is 18.2 Å². The van der Waals surface area contributed by atoms with E-state index in [1.807, 2.05) is 4.90 Å². The van der Waals surface area contributed by atoms with E-state index in [0.29, 0.717) is 43.8 Å². The molecule has 2 aromatic carbocycles. The van der Waals surface area contributed by atoms with E-state index in [1.54, 1.807) is 18.2 Å². The number of sulfonamides is 1. The molecule has 10 heteroatoms. The van der Waals surface area contributed by atoms with E-state index in [-0.39, 0.29) is 27.8 Å². The molecule has 180 valence electrons. The maximum Gasteiger partial charge on any atom is 0.343 e. The number of aliphatic hydroxyl groups excluding tert-OH is 1. The second-order valence-corrected chi connectivity index (χ2v) is 10.5. The highest BCUT2D eigenvalue weighted by molar-refractivity contribution is 7.92. The van der Waals surface area contributed by atoms with E-state index in [1.165, 1.54) is 19.3 Å². The van der Waals surface area contributed by atoms with Crippen molar-refractivity contribution in [1.29, 1.82) is 0 Å². The molecule has 3 aliphatic rings. The number of hydrogen-bond acceptors (Lipinski definition) is 7. The largest absolute Gasteiger partial charge is 0.492 e. The third-order valence-electron chi connectivity index (χ3n) is 6.45. The van der Waals surface area contributed by atoms with E-state index >= 15 is 0 Å². The Morgan fingerprint density at radius 1 is 1.32 bits per heavy atom. The summed E-state index contributed by atoms with van der Waals surface area (Å²) in [5, 5.41) is 9.39. The summed E-state index contributed by atoms with van der Waals surface area (Å²) in [6.45, 7) is 2.05. The Morgan fingerprint density at radius 3 is 2.85 bits per heavy atom. The highest BCUT2D eigenvalue weighted by atomic mass is 32.2. The van der Waals surface area contributed by atoms with Crippen molar-refractivity contribution in [1.82, 2.24) is 4.90 Å². The van der Waals surface area contributed by atoms with Crippen LogP contribution in [0.1, 0.15) is 33.8 Å². The Bertz CT molecular complexity index is 1270. The molecular weight excluding hydrogens is 463 g/mol. The van der Waals surface area contributed by atoms with Crippen LogP contribution in [0, 0.1) is 11.7 Å². The number of halogens is 1. The van der Waals surface area contributed by atoms with Gasteiger partial charge in [-0.15, -0.1) is 0 Å². The summed E-state index contributed by atoms with van der Waals surface area (Å²) >= 11 is 0. The number of rotatable bonds is 7. The van der Waals surface area contributed by atoms with Crippen LogP contribution in [0.4, 0.5) is 10.1 Å². The molecule has 0 amide bonds. The van der Waals surface area contributed by atoms with Gasteiger partial charge < -0.3 is 14.6 Å². The fourth-order valence-electron chi connectivity index (χ4n) is 4.55. The minimum Gasteiger partial charge on any atom is -0.492 e. The number of esters is 1. The van der Waals surface area contributed by atoms with Crippen LogP contribution in [-0.2, 0) is 14.8 Å². The standard InChI is InChI=1S/C24H25FN2O6S/c1-32-24(29)22-20(6-5-18-19-10-15(19)13-33-23(18)22)26-34(30,31)21-7-4-16(25)9-14(21)3-2-8-27-11-17(28)12-27/h2-7,9,15,17,19,26,28H,8,10-13H2,1H3. The van der Waals surface area contributed by atoms with Crippen molar-refractivity contribution in [3.8, 4) is 5.75 Å². The molecule has 1 aliphatic carbocycles. The van der Waals surface area contributed by atoms with Gasteiger partial charge in [-0.05, 0) is 47.7 Å². The number of carbonyl (C=O) groups is 1. The van der Waals surface area contributed by atoms with Gasteiger partial charge in [0.1, 0.15) is 17.1 Å². The highest BCUT2D eigenvalue weighted by Gasteiger charge is 2.45. The van der Waals surface area contributed by atoms with Gasteiger partial charge in [0.05, 0.1) is 30.4 Å². The van der Waals surface area contributed by atoms with Crippen molar-refractivity contribution >= 4 is 27.8 Å². The van der Waals surface area contributed by atoms with Gasteiger partial charge in [-0.3, -0.25) is 9.62 Å². The summed E-state index contributed by atoms with van der Waals surface area (Å²) in [5.74, 6) is -0.200. The molecule has 2 heterocycles. The van der Waals surface area contributed by atoms with Crippen molar-refractivity contribution in [3.05, 3.63) is 58.9 Å². The zero-order chi connectivity index (χ0) is 24.0. The lowest BCUT2D eigenvalue weighted by molar-refractivity contribution is 0.00991. The first-order chi connectivity index (χ1) is 16.3. The minimum absolute atomic E-state index is 0.0319. The molecule has 2 fully saturated rings. The van der Waals surface area contributed by atoms with Crippen LogP contribution >= 0.6 is 0 Å². The molecule has 34 heavy (non-hydrogen) atoms. The Kier molecular flexibility index (Phi) is 5.83. The van der Waals surface area contributed by atoms with Gasteiger partial charge in [0.15, 0.2) is 0 Å². The van der Waals surface area contributed by atoms with Gasteiger partial charge >= 0.3 is 5.97 Å². The van der Waals surface area contributed by atoms with Gasteiger partial charge in [-0.25, -0.2) is 17.6 Å². The number of β-amino-alcohol motifs (C(OH)–C–C–N with tert-alkyl or cyclic N) is 1. The number of fused-ring (bicyclic) bond motifs is 3. The van der Waals surface area contributed by atoms with Crippen LogP contribution in [0.5, 0.6) is 5.75 Å². The van der Waals surface area contributed by atoms with E-state index in [4.69, 9.17) is 9.47 Å². The number of aliphatic hydroxyl groups is 1. The lowest BCUT2D eigenvalue weighted by atomic mass is 10.0. The summed E-state index contributed by atoms with van der Waals surface area (Å²) in [4.78, 5) is 14.4. The molecule has 5 rings (SSSR count). The summed E-state index contributed by atoms with van der Waals surface area (Å²) in [7, 11) is -2.97. The molecule has 2 aliphatic heterocycles. The molecule has 0 spiro atoms. The Balaban J connectivity index is 1.46. The number of methoxy groups -OCH3 is 1. The minimum atomic E-state index is -4.19. The monoisotopic (exact) mass is 488 g/mol. The number of benzene rings is 2.